The topological polar surface area (TPSA) is 38.3 Å². The van der Waals surface area contributed by atoms with E-state index in [1.807, 2.05) is 60.3 Å². The van der Waals surface area contributed by atoms with E-state index >= 15 is 0 Å². The van der Waals surface area contributed by atoms with Crippen molar-refractivity contribution in [3.63, 3.8) is 0 Å². The van der Waals surface area contributed by atoms with E-state index in [1.165, 1.54) is 11.1 Å². The zero-order valence-electron chi connectivity index (χ0n) is 16.1. The van der Waals surface area contributed by atoms with Gasteiger partial charge in [0.05, 0.1) is 5.56 Å². The smallest absolute Gasteiger partial charge is 0.255 e. The van der Waals surface area contributed by atoms with Crippen molar-refractivity contribution < 1.29 is 9.53 Å². The van der Waals surface area contributed by atoms with Crippen LogP contribution < -0.4 is 10.1 Å². The maximum atomic E-state index is 12.5. The minimum atomic E-state index is -0.0976. The summed E-state index contributed by atoms with van der Waals surface area (Å²) in [5.41, 5.74) is 4.22. The van der Waals surface area contributed by atoms with Crippen molar-refractivity contribution in [3.05, 3.63) is 101 Å². The lowest BCUT2D eigenvalue weighted by Gasteiger charge is -2.12. The molecule has 0 saturated carbocycles. The fourth-order valence-electron chi connectivity index (χ4n) is 2.72. The fraction of sp³-hybridized carbons (Fsp3) is 0.208. The van der Waals surface area contributed by atoms with Crippen molar-refractivity contribution in [2.24, 2.45) is 0 Å². The molecule has 3 nitrogen and oxygen atoms in total. The van der Waals surface area contributed by atoms with Crippen LogP contribution in [0.3, 0.4) is 0 Å². The van der Waals surface area contributed by atoms with Crippen molar-refractivity contribution in [1.29, 1.82) is 0 Å². The van der Waals surface area contributed by atoms with Crippen molar-refractivity contribution in [1.82, 2.24) is 5.32 Å². The van der Waals surface area contributed by atoms with Crippen LogP contribution in [0.4, 0.5) is 0 Å². The van der Waals surface area contributed by atoms with Crippen LogP contribution in [0, 0.1) is 6.92 Å². The molecule has 0 unspecified atom stereocenters. The van der Waals surface area contributed by atoms with Crippen LogP contribution >= 0.6 is 11.8 Å². The van der Waals surface area contributed by atoms with Crippen LogP contribution in [-0.2, 0) is 12.4 Å². The molecule has 3 rings (SSSR count). The van der Waals surface area contributed by atoms with Gasteiger partial charge in [-0.15, -0.1) is 0 Å². The van der Waals surface area contributed by atoms with Gasteiger partial charge in [0, 0.05) is 18.1 Å². The summed E-state index contributed by atoms with van der Waals surface area (Å²) in [6.45, 7) is 3.16. The number of nitrogens with one attached hydrogen (secondary N) is 1. The Bertz CT molecular complexity index is 879. The maximum absolute atomic E-state index is 12.5. The van der Waals surface area contributed by atoms with Crippen molar-refractivity contribution in [2.45, 2.75) is 19.3 Å². The summed E-state index contributed by atoms with van der Waals surface area (Å²) in [6, 6.07) is 25.9. The van der Waals surface area contributed by atoms with E-state index in [0.717, 1.165) is 17.1 Å². The first-order valence-corrected chi connectivity index (χ1v) is 10.5. The lowest BCUT2D eigenvalue weighted by Crippen LogP contribution is -2.26. The third kappa shape index (κ3) is 6.17. The predicted octanol–water partition coefficient (Wildman–Crippen LogP) is 5.24. The van der Waals surface area contributed by atoms with Crippen LogP contribution in [0.25, 0.3) is 0 Å². The van der Waals surface area contributed by atoms with Crippen LogP contribution in [0.15, 0.2) is 78.9 Å². The molecule has 1 N–H and O–H groups in total. The first-order valence-electron chi connectivity index (χ1n) is 9.39. The average molecular weight is 392 g/mol. The van der Waals surface area contributed by atoms with Gasteiger partial charge in [-0.25, -0.2) is 0 Å². The summed E-state index contributed by atoms with van der Waals surface area (Å²) in [4.78, 5) is 12.5. The number of thioether (sulfide) groups is 1. The van der Waals surface area contributed by atoms with Crippen molar-refractivity contribution >= 4 is 17.7 Å². The molecule has 0 aliphatic heterocycles. The number of ether oxygens (including phenoxy) is 1. The summed E-state index contributed by atoms with van der Waals surface area (Å²) in [7, 11) is 0. The molecule has 0 fully saturated rings. The number of carbonyl (C=O) groups excluding carboxylic acids is 1. The van der Waals surface area contributed by atoms with Gasteiger partial charge >= 0.3 is 0 Å². The molecule has 0 aliphatic rings. The Morgan fingerprint density at radius 1 is 0.893 bits per heavy atom. The normalized spacial score (nSPS) is 10.5. The highest BCUT2D eigenvalue weighted by Gasteiger charge is 2.11. The van der Waals surface area contributed by atoms with Gasteiger partial charge < -0.3 is 10.1 Å². The molecular formula is C24H25NO2S. The summed E-state index contributed by atoms with van der Waals surface area (Å²) >= 11 is 1.82. The van der Waals surface area contributed by atoms with E-state index < -0.39 is 0 Å². The lowest BCUT2D eigenvalue weighted by atomic mass is 10.2. The average Bonchev–Trinajstić information content (AvgIpc) is 2.74. The van der Waals surface area contributed by atoms with Crippen molar-refractivity contribution in [3.8, 4) is 5.75 Å². The molecule has 0 atom stereocenters. The Hall–Kier alpha value is -2.72. The van der Waals surface area contributed by atoms with Crippen LogP contribution in [0.1, 0.15) is 27.0 Å². The van der Waals surface area contributed by atoms with E-state index in [2.05, 4.69) is 36.5 Å². The summed E-state index contributed by atoms with van der Waals surface area (Å²) in [5.74, 6) is 2.33. The molecule has 4 heteroatoms. The van der Waals surface area contributed by atoms with Crippen LogP contribution in [0.2, 0.25) is 0 Å². The highest BCUT2D eigenvalue weighted by atomic mass is 32.2. The molecule has 144 valence electrons. The van der Waals surface area contributed by atoms with Crippen molar-refractivity contribution in [2.75, 3.05) is 12.3 Å². The minimum Gasteiger partial charge on any atom is -0.488 e. The molecule has 0 spiro atoms. The second-order valence-electron chi connectivity index (χ2n) is 6.56. The Balaban J connectivity index is 1.45. The molecule has 28 heavy (non-hydrogen) atoms. The Morgan fingerprint density at radius 2 is 1.61 bits per heavy atom. The fourth-order valence-corrected chi connectivity index (χ4v) is 3.54. The predicted molar refractivity (Wildman–Crippen MR) is 117 cm³/mol. The molecule has 0 aromatic heterocycles. The Kier molecular flexibility index (Phi) is 7.56. The van der Waals surface area contributed by atoms with Gasteiger partial charge in [0.1, 0.15) is 12.4 Å². The van der Waals surface area contributed by atoms with Gasteiger partial charge in [0.25, 0.3) is 5.91 Å². The zero-order valence-corrected chi connectivity index (χ0v) is 16.9. The van der Waals surface area contributed by atoms with E-state index in [-0.39, 0.29) is 5.91 Å². The van der Waals surface area contributed by atoms with Crippen LogP contribution in [-0.4, -0.2) is 18.2 Å². The first-order chi connectivity index (χ1) is 13.7. The highest BCUT2D eigenvalue weighted by molar-refractivity contribution is 7.98. The molecule has 0 aliphatic carbocycles. The van der Waals surface area contributed by atoms with E-state index in [0.29, 0.717) is 24.5 Å². The number of hydrogen-bond donors (Lipinski definition) is 1. The van der Waals surface area contributed by atoms with Gasteiger partial charge in [0.15, 0.2) is 0 Å². The summed E-state index contributed by atoms with van der Waals surface area (Å²) in [6.07, 6.45) is 0. The second kappa shape index (κ2) is 10.6. The van der Waals surface area contributed by atoms with Gasteiger partial charge in [-0.1, -0.05) is 72.3 Å². The number of amides is 1. The summed E-state index contributed by atoms with van der Waals surface area (Å²) in [5, 5.41) is 2.99. The quantitative estimate of drug-likeness (QED) is 0.507. The Morgan fingerprint density at radius 3 is 2.39 bits per heavy atom. The third-order valence-corrected chi connectivity index (χ3v) is 5.32. The third-order valence-electron chi connectivity index (χ3n) is 4.29. The molecule has 0 radical (unpaired) electrons. The first kappa shape index (κ1) is 20.0. The van der Waals surface area contributed by atoms with Gasteiger partial charge in [-0.2, -0.15) is 11.8 Å². The lowest BCUT2D eigenvalue weighted by molar-refractivity contribution is 0.0951. The van der Waals surface area contributed by atoms with Gasteiger partial charge in [-0.3, -0.25) is 4.79 Å². The number of carbonyl (C=O) groups is 1. The van der Waals surface area contributed by atoms with E-state index in [1.54, 1.807) is 6.07 Å². The number of aryl methyl sites for hydroxylation is 1. The molecule has 3 aromatic rings. The number of rotatable bonds is 9. The second-order valence-corrected chi connectivity index (χ2v) is 7.67. The monoisotopic (exact) mass is 391 g/mol. The highest BCUT2D eigenvalue weighted by Crippen LogP contribution is 2.19. The van der Waals surface area contributed by atoms with Gasteiger partial charge in [0.2, 0.25) is 0 Å². The molecule has 0 heterocycles. The molecule has 3 aromatic carbocycles. The van der Waals surface area contributed by atoms with E-state index in [4.69, 9.17) is 4.74 Å². The molecule has 0 bridgehead atoms. The van der Waals surface area contributed by atoms with E-state index in [9.17, 15) is 4.79 Å². The molecule has 0 saturated heterocycles. The molecular weight excluding hydrogens is 366 g/mol. The van der Waals surface area contributed by atoms with Gasteiger partial charge in [-0.05, 0) is 30.2 Å². The largest absolute Gasteiger partial charge is 0.488 e. The number of benzene rings is 3. The summed E-state index contributed by atoms with van der Waals surface area (Å²) < 4.78 is 5.87. The standard InChI is InChI=1S/C24H25NO2S/c1-19-11-13-21(14-12-19)18-28-16-15-25-24(26)22-9-5-6-10-23(22)27-17-20-7-3-2-4-8-20/h2-14H,15-18H2,1H3,(H,25,26). The maximum Gasteiger partial charge on any atom is 0.255 e. The number of para-hydroxylation sites is 1. The van der Waals surface area contributed by atoms with Crippen LogP contribution in [0.5, 0.6) is 5.75 Å². The minimum absolute atomic E-state index is 0.0976. The SMILES string of the molecule is Cc1ccc(CSCCNC(=O)c2ccccc2OCc2ccccc2)cc1. The number of hydrogen-bond acceptors (Lipinski definition) is 3. The Labute approximate surface area is 171 Å². The zero-order chi connectivity index (χ0) is 19.6. The molecule has 1 amide bonds.